The Morgan fingerprint density at radius 3 is 2.15 bits per heavy atom. The number of rotatable bonds is 5. The van der Waals surface area contributed by atoms with Crippen molar-refractivity contribution in [2.24, 2.45) is 0 Å². The third kappa shape index (κ3) is 4.51. The Labute approximate surface area is 157 Å². The number of benzene rings is 2. The molecule has 7 heteroatoms. The second-order valence-corrected chi connectivity index (χ2v) is 8.58. The number of carbonyl (C=O) groups excluding carboxylic acids is 2. The average Bonchev–Trinajstić information content (AvgIpc) is 2.50. The van der Waals surface area contributed by atoms with Gasteiger partial charge in [0.1, 0.15) is 0 Å². The van der Waals surface area contributed by atoms with Crippen molar-refractivity contribution in [1.29, 1.82) is 0 Å². The van der Waals surface area contributed by atoms with Gasteiger partial charge in [0, 0.05) is 11.8 Å². The lowest BCUT2D eigenvalue weighted by Crippen LogP contribution is -2.16. The quantitative estimate of drug-likeness (QED) is 0.570. The number of hydrogen-bond donors (Lipinski definition) is 0. The first-order chi connectivity index (χ1) is 12.0. The van der Waals surface area contributed by atoms with E-state index in [1.54, 1.807) is 0 Å². The summed E-state index contributed by atoms with van der Waals surface area (Å²) in [5, 5.41) is 0.0195. The number of hydrogen-bond acceptors (Lipinski definition) is 5. The molecule has 2 rings (SSSR count). The Morgan fingerprint density at radius 1 is 1.04 bits per heavy atom. The molecule has 5 nitrogen and oxygen atoms in total. The summed E-state index contributed by atoms with van der Waals surface area (Å²) in [6.07, 6.45) is 0.996. The molecular formula is C19H19ClO5S. The number of aryl methyl sites for hydroxylation is 3. The summed E-state index contributed by atoms with van der Waals surface area (Å²) in [6, 6.07) is 7.59. The van der Waals surface area contributed by atoms with Crippen LogP contribution in [0, 0.1) is 20.8 Å². The predicted molar refractivity (Wildman–Crippen MR) is 99.8 cm³/mol. The van der Waals surface area contributed by atoms with Crippen LogP contribution in [0.1, 0.15) is 37.4 Å². The molecule has 0 saturated heterocycles. The summed E-state index contributed by atoms with van der Waals surface area (Å²) in [5.41, 5.74) is 3.21. The van der Waals surface area contributed by atoms with Crippen molar-refractivity contribution < 1.29 is 22.7 Å². The molecule has 0 N–H and O–H groups in total. The number of Topliss-reactive ketones (excluding diaryl/α,β-unsaturated/α-hetero) is 1. The van der Waals surface area contributed by atoms with E-state index in [9.17, 15) is 18.0 Å². The normalized spacial score (nSPS) is 11.3. The van der Waals surface area contributed by atoms with E-state index >= 15 is 0 Å². The second kappa shape index (κ2) is 7.60. The number of carbonyl (C=O) groups is 2. The van der Waals surface area contributed by atoms with Crippen LogP contribution in [0.5, 0.6) is 0 Å². The fraction of sp³-hybridized carbons (Fsp3) is 0.263. The minimum absolute atomic E-state index is 0.0139. The van der Waals surface area contributed by atoms with Crippen LogP contribution in [0.4, 0.5) is 0 Å². The van der Waals surface area contributed by atoms with Gasteiger partial charge in [-0.2, -0.15) is 0 Å². The highest BCUT2D eigenvalue weighted by Gasteiger charge is 2.19. The molecular weight excluding hydrogens is 376 g/mol. The van der Waals surface area contributed by atoms with Gasteiger partial charge in [0.15, 0.2) is 16.4 Å². The average molecular weight is 395 g/mol. The van der Waals surface area contributed by atoms with Gasteiger partial charge in [-0.25, -0.2) is 13.2 Å². The molecule has 0 spiro atoms. The number of sulfone groups is 1. The van der Waals surface area contributed by atoms with E-state index in [0.29, 0.717) is 5.56 Å². The van der Waals surface area contributed by atoms with Gasteiger partial charge in [-0.05, 0) is 50.1 Å². The molecule has 0 bridgehead atoms. The maximum absolute atomic E-state index is 12.4. The van der Waals surface area contributed by atoms with Gasteiger partial charge < -0.3 is 4.74 Å². The van der Waals surface area contributed by atoms with Crippen LogP contribution in [0.15, 0.2) is 35.2 Å². The molecule has 138 valence electrons. The highest BCUT2D eigenvalue weighted by atomic mass is 35.5. The van der Waals surface area contributed by atoms with Gasteiger partial charge in [0.2, 0.25) is 5.78 Å². The number of ketones is 1. The van der Waals surface area contributed by atoms with Crippen molar-refractivity contribution in [3.8, 4) is 0 Å². The topological polar surface area (TPSA) is 77.5 Å². The monoisotopic (exact) mass is 394 g/mol. The zero-order chi connectivity index (χ0) is 19.6. The van der Waals surface area contributed by atoms with Crippen LogP contribution in [0.25, 0.3) is 0 Å². The molecule has 0 fully saturated rings. The smallest absolute Gasteiger partial charge is 0.338 e. The molecule has 0 amide bonds. The first kappa shape index (κ1) is 20.1. The maximum atomic E-state index is 12.4. The summed E-state index contributed by atoms with van der Waals surface area (Å²) in [5.74, 6) is -1.10. The third-order valence-electron chi connectivity index (χ3n) is 3.86. The molecule has 0 heterocycles. The van der Waals surface area contributed by atoms with Crippen LogP contribution >= 0.6 is 11.6 Å². The Morgan fingerprint density at radius 2 is 1.62 bits per heavy atom. The number of halogens is 1. The summed E-state index contributed by atoms with van der Waals surface area (Å²) >= 11 is 5.86. The minimum Gasteiger partial charge on any atom is -0.454 e. The molecule has 0 radical (unpaired) electrons. The zero-order valence-corrected chi connectivity index (χ0v) is 16.5. The zero-order valence-electron chi connectivity index (χ0n) is 14.9. The van der Waals surface area contributed by atoms with Crippen molar-refractivity contribution in [3.05, 3.63) is 63.2 Å². The Bertz CT molecular complexity index is 970. The van der Waals surface area contributed by atoms with E-state index < -0.39 is 22.4 Å². The minimum atomic E-state index is -3.59. The van der Waals surface area contributed by atoms with Gasteiger partial charge in [-0.15, -0.1) is 0 Å². The Kier molecular flexibility index (Phi) is 5.88. The first-order valence-corrected chi connectivity index (χ1v) is 10.1. The Hall–Kier alpha value is -2.18. The molecule has 0 saturated carbocycles. The lowest BCUT2D eigenvalue weighted by Gasteiger charge is -2.11. The fourth-order valence-electron chi connectivity index (χ4n) is 2.82. The molecule has 2 aromatic rings. The van der Waals surface area contributed by atoms with Gasteiger partial charge >= 0.3 is 5.97 Å². The fourth-order valence-corrected chi connectivity index (χ4v) is 4.12. The maximum Gasteiger partial charge on any atom is 0.338 e. The van der Waals surface area contributed by atoms with Crippen molar-refractivity contribution >= 4 is 33.2 Å². The molecule has 0 aliphatic rings. The molecule has 0 atom stereocenters. The highest BCUT2D eigenvalue weighted by molar-refractivity contribution is 7.90. The first-order valence-electron chi connectivity index (χ1n) is 7.78. The second-order valence-electron chi connectivity index (χ2n) is 6.19. The summed E-state index contributed by atoms with van der Waals surface area (Å²) in [7, 11) is -3.59. The van der Waals surface area contributed by atoms with Gasteiger partial charge in [-0.3, -0.25) is 4.79 Å². The molecule has 26 heavy (non-hydrogen) atoms. The molecule has 0 aliphatic carbocycles. The van der Waals surface area contributed by atoms with E-state index in [1.165, 1.54) is 12.1 Å². The summed E-state index contributed by atoms with van der Waals surface area (Å²) in [4.78, 5) is 24.4. The molecule has 0 unspecified atom stereocenters. The summed E-state index contributed by atoms with van der Waals surface area (Å²) in [6.45, 7) is 5.16. The highest BCUT2D eigenvalue weighted by Crippen LogP contribution is 2.23. The van der Waals surface area contributed by atoms with Crippen molar-refractivity contribution in [3.63, 3.8) is 0 Å². The largest absolute Gasteiger partial charge is 0.454 e. The van der Waals surface area contributed by atoms with E-state index in [1.807, 2.05) is 32.9 Å². The van der Waals surface area contributed by atoms with E-state index in [2.05, 4.69) is 0 Å². The van der Waals surface area contributed by atoms with Crippen LogP contribution < -0.4 is 0 Å². The number of ether oxygens (including phenoxy) is 1. The molecule has 0 aromatic heterocycles. The van der Waals surface area contributed by atoms with Gasteiger partial charge in [0.05, 0.1) is 15.5 Å². The van der Waals surface area contributed by atoms with Crippen LogP contribution in [-0.2, 0) is 14.6 Å². The SMILES string of the molecule is Cc1cc(C)c(C(=O)COC(=O)c2ccc(Cl)c(S(C)(=O)=O)c2)c(C)c1. The standard InChI is InChI=1S/C19H19ClO5S/c1-11-7-12(2)18(13(3)8-11)16(21)10-25-19(22)14-5-6-15(20)17(9-14)26(4,23)24/h5-9H,10H2,1-4H3. The van der Waals surface area contributed by atoms with Gasteiger partial charge in [-0.1, -0.05) is 29.3 Å². The van der Waals surface area contributed by atoms with Crippen molar-refractivity contribution in [1.82, 2.24) is 0 Å². The Balaban J connectivity index is 2.18. The van der Waals surface area contributed by atoms with Gasteiger partial charge in [0.25, 0.3) is 0 Å². The van der Waals surface area contributed by atoms with E-state index in [4.69, 9.17) is 16.3 Å². The van der Waals surface area contributed by atoms with Crippen molar-refractivity contribution in [2.75, 3.05) is 12.9 Å². The van der Waals surface area contributed by atoms with Crippen LogP contribution in [-0.4, -0.2) is 33.0 Å². The van der Waals surface area contributed by atoms with Crippen LogP contribution in [0.3, 0.4) is 0 Å². The van der Waals surface area contributed by atoms with Crippen LogP contribution in [0.2, 0.25) is 5.02 Å². The van der Waals surface area contributed by atoms with Crippen molar-refractivity contribution in [2.45, 2.75) is 25.7 Å². The lowest BCUT2D eigenvalue weighted by molar-refractivity contribution is 0.0474. The molecule has 2 aromatic carbocycles. The van der Waals surface area contributed by atoms with E-state index in [-0.39, 0.29) is 21.3 Å². The van der Waals surface area contributed by atoms with E-state index in [0.717, 1.165) is 29.0 Å². The number of esters is 1. The summed E-state index contributed by atoms with van der Waals surface area (Å²) < 4.78 is 28.4. The lowest BCUT2D eigenvalue weighted by atomic mass is 9.97. The predicted octanol–water partition coefficient (Wildman–Crippen LogP) is 3.71. The third-order valence-corrected chi connectivity index (χ3v) is 5.43. The molecule has 0 aliphatic heterocycles.